The lowest BCUT2D eigenvalue weighted by Gasteiger charge is -2.08. The molecule has 128 valence electrons. The minimum Gasteiger partial charge on any atom is -0.383 e. The second-order valence-electron chi connectivity index (χ2n) is 4.95. The van der Waals surface area contributed by atoms with Gasteiger partial charge in [0, 0.05) is 19.9 Å². The molecule has 0 bridgehead atoms. The maximum Gasteiger partial charge on any atom is 0.338 e. The molecule has 0 saturated heterocycles. The number of nitrogens with zero attached hydrogens (tertiary/aromatic N) is 3. The highest BCUT2D eigenvalue weighted by Gasteiger charge is 2.11. The van der Waals surface area contributed by atoms with Crippen molar-refractivity contribution in [2.45, 2.75) is 20.0 Å². The van der Waals surface area contributed by atoms with Crippen LogP contribution in [0.25, 0.3) is 12.7 Å². The number of nitrogens with one attached hydrogen (secondary N) is 1. The van der Waals surface area contributed by atoms with Crippen LogP contribution >= 0.6 is 11.5 Å². The molecule has 0 saturated carbocycles. The number of hydrogen-bond donors (Lipinski definition) is 1. The molecule has 0 aliphatic rings. The number of carbonyl (C=O) groups is 1. The van der Waals surface area contributed by atoms with Gasteiger partial charge in [-0.25, -0.2) is 9.78 Å². The fourth-order valence-corrected chi connectivity index (χ4v) is 2.85. The van der Waals surface area contributed by atoms with Crippen LogP contribution in [0.2, 0.25) is 0 Å². The number of aromatic nitrogens is 3. The molecule has 0 aromatic carbocycles. The Hall–Kier alpha value is -2.45. The van der Waals surface area contributed by atoms with Crippen LogP contribution in [0.3, 0.4) is 0 Å². The van der Waals surface area contributed by atoms with E-state index in [1.165, 1.54) is 0 Å². The fourth-order valence-electron chi connectivity index (χ4n) is 2.04. The van der Waals surface area contributed by atoms with Gasteiger partial charge >= 0.3 is 6.03 Å². The third-order valence-electron chi connectivity index (χ3n) is 3.31. The molecule has 2 rings (SSSR count). The zero-order chi connectivity index (χ0) is 17.5. The number of carbonyl (C=O) groups excluding carboxylic acids is 1. The van der Waals surface area contributed by atoms with Gasteiger partial charge in [-0.1, -0.05) is 18.7 Å². The normalized spacial score (nSPS) is 12.2. The first kappa shape index (κ1) is 17.9. The van der Waals surface area contributed by atoms with E-state index in [2.05, 4.69) is 16.9 Å². The Bertz CT molecular complexity index is 891. The van der Waals surface area contributed by atoms with Gasteiger partial charge in [-0.15, -0.1) is 0 Å². The fraction of sp³-hybridized carbons (Fsp3) is 0.312. The number of allylic oxidation sites excluding steroid dienone is 2. The van der Waals surface area contributed by atoms with Gasteiger partial charge in [0.05, 0.1) is 34.9 Å². The van der Waals surface area contributed by atoms with Crippen molar-refractivity contribution >= 4 is 30.2 Å². The zero-order valence-corrected chi connectivity index (χ0v) is 14.5. The highest BCUT2D eigenvalue weighted by molar-refractivity contribution is 7.05. The third kappa shape index (κ3) is 4.09. The van der Waals surface area contributed by atoms with Crippen molar-refractivity contribution in [3.8, 4) is 0 Å². The van der Waals surface area contributed by atoms with Gasteiger partial charge in [0.15, 0.2) is 0 Å². The predicted octanol–water partition coefficient (Wildman–Crippen LogP) is 0.278. The summed E-state index contributed by atoms with van der Waals surface area (Å²) in [4.78, 5) is 28.6. The summed E-state index contributed by atoms with van der Waals surface area (Å²) in [5.41, 5.74) is 0.467. The van der Waals surface area contributed by atoms with Crippen molar-refractivity contribution in [3.63, 3.8) is 0 Å². The summed E-state index contributed by atoms with van der Waals surface area (Å²) in [7, 11) is 1.63. The van der Waals surface area contributed by atoms with E-state index in [1.807, 2.05) is 17.6 Å². The van der Waals surface area contributed by atoms with Crippen molar-refractivity contribution < 1.29 is 9.53 Å². The molecule has 2 aromatic heterocycles. The van der Waals surface area contributed by atoms with E-state index in [-0.39, 0.29) is 12.1 Å². The second-order valence-corrected chi connectivity index (χ2v) is 5.99. The number of hydrogen-bond acceptors (Lipinski definition) is 5. The monoisotopic (exact) mass is 348 g/mol. The SMILES string of the molecule is C=c1sn(C(=O)NCc2cncn2CCOC)c(=O)/c1=C/C=C\C. The number of amides is 1. The first-order chi connectivity index (χ1) is 11.6. The van der Waals surface area contributed by atoms with E-state index in [0.29, 0.717) is 22.9 Å². The van der Waals surface area contributed by atoms with Crippen LogP contribution in [0.4, 0.5) is 4.79 Å². The molecule has 1 amide bonds. The number of rotatable bonds is 6. The molecule has 0 radical (unpaired) electrons. The lowest BCUT2D eigenvalue weighted by Crippen LogP contribution is -2.39. The van der Waals surface area contributed by atoms with Crippen LogP contribution < -0.4 is 20.6 Å². The van der Waals surface area contributed by atoms with Crippen molar-refractivity contribution in [3.05, 3.63) is 50.5 Å². The van der Waals surface area contributed by atoms with Crippen LogP contribution in [-0.2, 0) is 17.8 Å². The average molecular weight is 348 g/mol. The Kier molecular flexibility index (Phi) is 6.28. The Labute approximate surface area is 143 Å². The quantitative estimate of drug-likeness (QED) is 0.813. The van der Waals surface area contributed by atoms with Crippen LogP contribution in [0.15, 0.2) is 29.5 Å². The van der Waals surface area contributed by atoms with Crippen molar-refractivity contribution in [1.29, 1.82) is 0 Å². The summed E-state index contributed by atoms with van der Waals surface area (Å²) in [6.07, 6.45) is 8.56. The van der Waals surface area contributed by atoms with E-state index in [4.69, 9.17) is 4.74 Å². The number of imidazole rings is 1. The standard InChI is InChI=1S/C16H20N4O3S/c1-4-5-6-14-12(2)24-20(15(14)21)16(22)18-10-13-9-17-11-19(13)7-8-23-3/h4-6,9,11H,2,7-8,10H2,1,3H3,(H,18,22)/b5-4-,14-6+. The highest BCUT2D eigenvalue weighted by atomic mass is 32.1. The van der Waals surface area contributed by atoms with Crippen molar-refractivity contribution in [2.75, 3.05) is 13.7 Å². The van der Waals surface area contributed by atoms with Crippen LogP contribution in [0.1, 0.15) is 12.6 Å². The summed E-state index contributed by atoms with van der Waals surface area (Å²) in [5.74, 6) is 0. The van der Waals surface area contributed by atoms with Gasteiger partial charge in [-0.2, -0.15) is 3.96 Å². The molecule has 0 unspecified atom stereocenters. The van der Waals surface area contributed by atoms with Gasteiger partial charge in [-0.05, 0) is 24.5 Å². The van der Waals surface area contributed by atoms with E-state index in [1.54, 1.807) is 31.8 Å². The maximum absolute atomic E-state index is 12.3. The lowest BCUT2D eigenvalue weighted by molar-refractivity contribution is 0.186. The highest BCUT2D eigenvalue weighted by Crippen LogP contribution is 1.99. The smallest absolute Gasteiger partial charge is 0.338 e. The molecular formula is C16H20N4O3S. The van der Waals surface area contributed by atoms with Gasteiger partial charge in [0.25, 0.3) is 5.56 Å². The molecule has 0 atom stereocenters. The molecule has 0 aliphatic heterocycles. The van der Waals surface area contributed by atoms with Crippen LogP contribution in [0, 0.1) is 0 Å². The Morgan fingerprint density at radius 3 is 3.04 bits per heavy atom. The summed E-state index contributed by atoms with van der Waals surface area (Å²) in [6, 6.07) is -0.477. The largest absolute Gasteiger partial charge is 0.383 e. The minimum atomic E-state index is -0.477. The second kappa shape index (κ2) is 8.42. The molecule has 2 aromatic rings. The molecule has 2 heterocycles. The van der Waals surface area contributed by atoms with Crippen molar-refractivity contribution in [2.24, 2.45) is 0 Å². The van der Waals surface area contributed by atoms with E-state index in [0.717, 1.165) is 21.2 Å². The molecule has 0 fully saturated rings. The Balaban J connectivity index is 2.13. The molecule has 7 nitrogen and oxygen atoms in total. The molecule has 1 N–H and O–H groups in total. The summed E-state index contributed by atoms with van der Waals surface area (Å²) >= 11 is 1.03. The van der Waals surface area contributed by atoms with Gasteiger partial charge in [0.2, 0.25) is 0 Å². The first-order valence-electron chi connectivity index (χ1n) is 7.39. The maximum atomic E-state index is 12.3. The lowest BCUT2D eigenvalue weighted by atomic mass is 10.4. The Morgan fingerprint density at radius 1 is 1.54 bits per heavy atom. The summed E-state index contributed by atoms with van der Waals surface area (Å²) in [5, 5.41) is 3.16. The van der Waals surface area contributed by atoms with Crippen molar-refractivity contribution in [1.82, 2.24) is 18.8 Å². The summed E-state index contributed by atoms with van der Waals surface area (Å²) < 4.78 is 8.55. The molecule has 0 aliphatic carbocycles. The van der Waals surface area contributed by atoms with Crippen LogP contribution in [-0.4, -0.2) is 33.3 Å². The van der Waals surface area contributed by atoms with Gasteiger partial charge in [0.1, 0.15) is 0 Å². The Morgan fingerprint density at radius 2 is 2.33 bits per heavy atom. The molecular weight excluding hydrogens is 328 g/mol. The molecule has 8 heteroatoms. The predicted molar refractivity (Wildman–Crippen MR) is 94.4 cm³/mol. The van der Waals surface area contributed by atoms with Gasteiger partial charge < -0.3 is 14.6 Å². The van der Waals surface area contributed by atoms with Gasteiger partial charge in [-0.3, -0.25) is 4.79 Å². The van der Waals surface area contributed by atoms with E-state index >= 15 is 0 Å². The number of ether oxygens (including phenoxy) is 1. The minimum absolute atomic E-state index is 0.271. The number of methoxy groups -OCH3 is 1. The molecule has 24 heavy (non-hydrogen) atoms. The summed E-state index contributed by atoms with van der Waals surface area (Å²) in [6.45, 7) is 7.14. The van der Waals surface area contributed by atoms with E-state index < -0.39 is 6.03 Å². The van der Waals surface area contributed by atoms with E-state index in [9.17, 15) is 9.59 Å². The third-order valence-corrected chi connectivity index (χ3v) is 4.27. The first-order valence-corrected chi connectivity index (χ1v) is 8.16. The molecule has 0 spiro atoms. The van der Waals surface area contributed by atoms with Crippen LogP contribution in [0.5, 0.6) is 0 Å². The zero-order valence-electron chi connectivity index (χ0n) is 13.7. The average Bonchev–Trinajstić information content (AvgIpc) is 3.13. The topological polar surface area (TPSA) is 78.2 Å².